The summed E-state index contributed by atoms with van der Waals surface area (Å²) < 4.78 is 0.754. The van der Waals surface area contributed by atoms with Crippen LogP contribution < -0.4 is 10.6 Å². The van der Waals surface area contributed by atoms with E-state index in [1.807, 2.05) is 53.1 Å². The van der Waals surface area contributed by atoms with Gasteiger partial charge in [-0.15, -0.1) is 5.06 Å². The van der Waals surface area contributed by atoms with Crippen LogP contribution in [0.25, 0.3) is 0 Å². The van der Waals surface area contributed by atoms with Crippen LogP contribution in [0.5, 0.6) is 0 Å². The summed E-state index contributed by atoms with van der Waals surface area (Å²) in [5.41, 5.74) is 3.74. The van der Waals surface area contributed by atoms with Gasteiger partial charge in [0.25, 0.3) is 0 Å². The van der Waals surface area contributed by atoms with Crippen LogP contribution in [0, 0.1) is 6.92 Å². The maximum atomic E-state index is 14.0. The number of aryl methyl sites for hydroxylation is 1. The van der Waals surface area contributed by atoms with Gasteiger partial charge in [0.05, 0.1) is 5.02 Å². The summed E-state index contributed by atoms with van der Waals surface area (Å²) in [6.45, 7) is 9.06. The smallest absolute Gasteiger partial charge is 0.351 e. The van der Waals surface area contributed by atoms with Crippen LogP contribution >= 0.6 is 27.5 Å². The van der Waals surface area contributed by atoms with Crippen molar-refractivity contribution in [2.24, 2.45) is 0 Å². The summed E-state index contributed by atoms with van der Waals surface area (Å²) in [7, 11) is 2.16. The first-order valence-corrected chi connectivity index (χ1v) is 17.9. The predicted molar refractivity (Wildman–Crippen MR) is 185 cm³/mol. The Morgan fingerprint density at radius 1 is 1.00 bits per heavy atom. The molecule has 6 rings (SSSR count). The molecule has 4 heterocycles. The Morgan fingerprint density at radius 3 is 2.38 bits per heavy atom. The normalized spacial score (nSPS) is 21.2. The third-order valence-corrected chi connectivity index (χ3v) is 11.4. The zero-order valence-electron chi connectivity index (χ0n) is 27.2. The van der Waals surface area contributed by atoms with E-state index in [4.69, 9.17) is 16.4 Å². The summed E-state index contributed by atoms with van der Waals surface area (Å²) in [4.78, 5) is 54.5. The predicted octanol–water partition coefficient (Wildman–Crippen LogP) is 4.71. The third-order valence-electron chi connectivity index (χ3n) is 10.1. The fourth-order valence-corrected chi connectivity index (χ4v) is 7.97. The van der Waals surface area contributed by atoms with Crippen molar-refractivity contribution in [3.8, 4) is 0 Å². The Kier molecular flexibility index (Phi) is 10.9. The minimum atomic E-state index is -0.787. The number of hydrogen-bond donors (Lipinski definition) is 2. The van der Waals surface area contributed by atoms with Gasteiger partial charge in [-0.05, 0) is 84.4 Å². The molecule has 0 radical (unpaired) electrons. The first kappa shape index (κ1) is 34.0. The van der Waals surface area contributed by atoms with Crippen molar-refractivity contribution in [2.45, 2.75) is 63.7 Å². The summed E-state index contributed by atoms with van der Waals surface area (Å²) in [6, 6.07) is 11.3. The number of fused-ring (bicyclic) bond motifs is 1. The molecule has 0 aliphatic carbocycles. The molecular weight excluding hydrogens is 686 g/mol. The minimum Gasteiger partial charge on any atom is -0.351 e. The van der Waals surface area contributed by atoms with Gasteiger partial charge < -0.3 is 30.2 Å². The number of piperazine rings is 1. The van der Waals surface area contributed by atoms with Gasteiger partial charge in [-0.25, -0.2) is 9.59 Å². The van der Waals surface area contributed by atoms with E-state index in [1.165, 1.54) is 0 Å². The van der Waals surface area contributed by atoms with Crippen molar-refractivity contribution in [1.29, 1.82) is 0 Å². The van der Waals surface area contributed by atoms with E-state index in [-0.39, 0.29) is 18.0 Å². The number of likely N-dealkylation sites (tertiary alicyclic amines) is 1. The number of hydrogen-bond acceptors (Lipinski definition) is 7. The molecule has 47 heavy (non-hydrogen) atoms. The molecule has 2 aromatic rings. The number of hydroxylamine groups is 2. The Bertz CT molecular complexity index is 1430. The summed E-state index contributed by atoms with van der Waals surface area (Å²) in [5.74, 6) is -0.0994. The number of para-hydroxylation sites is 1. The van der Waals surface area contributed by atoms with Gasteiger partial charge in [0.1, 0.15) is 6.04 Å². The van der Waals surface area contributed by atoms with Crippen LogP contribution in [-0.2, 0) is 22.6 Å². The maximum absolute atomic E-state index is 14.0. The van der Waals surface area contributed by atoms with Gasteiger partial charge in [-0.2, -0.15) is 0 Å². The molecule has 0 spiro atoms. The molecule has 2 N–H and O–H groups in total. The van der Waals surface area contributed by atoms with Gasteiger partial charge in [-0.3, -0.25) is 9.69 Å². The highest BCUT2D eigenvalue weighted by Crippen LogP contribution is 2.29. The SMILES string of the molecule is Cc1cc(CC(NC(=O)ON2CCC(N3Cc4ccccc4NC3=O)CC2)C(=O)N2CCC(N3CCN(C)CC3)CC2)cc(Br)c1Cl. The summed E-state index contributed by atoms with van der Waals surface area (Å²) >= 11 is 9.92. The van der Waals surface area contributed by atoms with E-state index < -0.39 is 12.1 Å². The van der Waals surface area contributed by atoms with E-state index in [2.05, 4.69) is 43.4 Å². The Hall–Kier alpha value is -2.90. The first-order valence-electron chi connectivity index (χ1n) is 16.7. The molecule has 13 heteroatoms. The van der Waals surface area contributed by atoms with Crippen LogP contribution in [0.4, 0.5) is 15.3 Å². The van der Waals surface area contributed by atoms with Gasteiger partial charge in [-0.1, -0.05) is 35.9 Å². The van der Waals surface area contributed by atoms with Crippen molar-refractivity contribution in [3.05, 3.63) is 62.6 Å². The second kappa shape index (κ2) is 15.1. The minimum absolute atomic E-state index is 0.0426. The molecule has 3 saturated heterocycles. The fraction of sp³-hybridized carbons (Fsp3) is 0.559. The molecule has 1 atom stereocenters. The molecule has 4 aliphatic rings. The number of anilines is 1. The first-order chi connectivity index (χ1) is 22.6. The Morgan fingerprint density at radius 2 is 1.68 bits per heavy atom. The lowest BCUT2D eigenvalue weighted by atomic mass is 9.99. The average Bonchev–Trinajstić information content (AvgIpc) is 3.07. The number of nitrogens with zero attached hydrogens (tertiary/aromatic N) is 5. The standard InChI is InChI=1S/C34H45BrClN7O4/c1-23-19-24(20-28(35)31(23)36)21-30(32(44)41-11-7-26(8-12-41)40-17-15-39(2)16-18-40)38-34(46)47-42-13-9-27(10-14-42)43-22-25-5-3-4-6-29(25)37-33(43)45/h3-6,19-20,26-27,30H,7-18,21-22H2,1-2H3,(H,37,45)(H,38,46). The number of carbonyl (C=O) groups excluding carboxylic acids is 3. The Balaban J connectivity index is 1.05. The number of benzene rings is 2. The molecular formula is C34H45BrClN7O4. The van der Waals surface area contributed by atoms with E-state index in [9.17, 15) is 14.4 Å². The fourth-order valence-electron chi connectivity index (χ4n) is 7.26. The van der Waals surface area contributed by atoms with Crippen LogP contribution in [0.2, 0.25) is 5.02 Å². The largest absolute Gasteiger partial charge is 0.426 e. The zero-order chi connectivity index (χ0) is 33.1. The van der Waals surface area contributed by atoms with Crippen molar-refractivity contribution < 1.29 is 19.2 Å². The molecule has 11 nitrogen and oxygen atoms in total. The zero-order valence-corrected chi connectivity index (χ0v) is 29.6. The highest BCUT2D eigenvalue weighted by molar-refractivity contribution is 9.10. The summed E-state index contributed by atoms with van der Waals surface area (Å²) in [6.07, 6.45) is 2.86. The monoisotopic (exact) mass is 729 g/mol. The van der Waals surface area contributed by atoms with Crippen LogP contribution in [0.3, 0.4) is 0 Å². The lowest BCUT2D eigenvalue weighted by Crippen LogP contribution is -2.56. The van der Waals surface area contributed by atoms with Crippen LogP contribution in [0.15, 0.2) is 40.9 Å². The highest BCUT2D eigenvalue weighted by Gasteiger charge is 2.35. The molecule has 4 aliphatic heterocycles. The van der Waals surface area contributed by atoms with Crippen molar-refractivity contribution in [1.82, 2.24) is 30.0 Å². The van der Waals surface area contributed by atoms with Crippen LogP contribution in [-0.4, -0.2) is 120 Å². The third kappa shape index (κ3) is 8.22. The quantitative estimate of drug-likeness (QED) is 0.426. The molecule has 254 valence electrons. The maximum Gasteiger partial charge on any atom is 0.426 e. The molecule has 2 aromatic carbocycles. The lowest BCUT2D eigenvalue weighted by molar-refractivity contribution is -0.137. The Labute approximate surface area is 290 Å². The van der Waals surface area contributed by atoms with E-state index in [1.54, 1.807) is 5.06 Å². The second-order valence-electron chi connectivity index (χ2n) is 13.3. The van der Waals surface area contributed by atoms with E-state index >= 15 is 0 Å². The van der Waals surface area contributed by atoms with Gasteiger partial charge in [0.15, 0.2) is 0 Å². The molecule has 4 amide bonds. The second-order valence-corrected chi connectivity index (χ2v) is 14.5. The number of piperidine rings is 2. The number of urea groups is 1. The van der Waals surface area contributed by atoms with Crippen molar-refractivity contribution in [3.63, 3.8) is 0 Å². The highest BCUT2D eigenvalue weighted by atomic mass is 79.9. The number of rotatable bonds is 7. The molecule has 0 saturated carbocycles. The summed E-state index contributed by atoms with van der Waals surface area (Å²) in [5, 5.41) is 8.15. The number of amides is 4. The number of likely N-dealkylation sites (N-methyl/N-ethyl adjacent to an activating group) is 1. The topological polar surface area (TPSA) is 101 Å². The van der Waals surface area contributed by atoms with Crippen molar-refractivity contribution in [2.75, 3.05) is 64.7 Å². The molecule has 1 unspecified atom stereocenters. The molecule has 3 fully saturated rings. The number of halogens is 2. The van der Waals surface area contributed by atoms with Crippen molar-refractivity contribution >= 4 is 51.2 Å². The van der Waals surface area contributed by atoms with Gasteiger partial charge in [0.2, 0.25) is 5.91 Å². The van der Waals surface area contributed by atoms with Gasteiger partial charge >= 0.3 is 12.1 Å². The number of nitrogens with one attached hydrogen (secondary N) is 2. The van der Waals surface area contributed by atoms with E-state index in [0.29, 0.717) is 63.1 Å². The molecule has 0 bridgehead atoms. The van der Waals surface area contributed by atoms with E-state index in [0.717, 1.165) is 65.9 Å². The van der Waals surface area contributed by atoms with Gasteiger partial charge in [0, 0.05) is 87.6 Å². The number of carbonyl (C=O) groups is 3. The lowest BCUT2D eigenvalue weighted by Gasteiger charge is -2.42. The average molecular weight is 731 g/mol. The van der Waals surface area contributed by atoms with Crippen LogP contribution in [0.1, 0.15) is 42.4 Å². The molecule has 0 aromatic heterocycles.